The van der Waals surface area contributed by atoms with E-state index in [1.165, 1.54) is 51.0 Å². The molecule has 1 unspecified atom stereocenters. The summed E-state index contributed by atoms with van der Waals surface area (Å²) in [5, 5.41) is 3.62. The van der Waals surface area contributed by atoms with Gasteiger partial charge in [0.15, 0.2) is 0 Å². The van der Waals surface area contributed by atoms with Crippen molar-refractivity contribution in [3.05, 3.63) is 35.9 Å². The number of hydrogen-bond donors (Lipinski definition) is 1. The average Bonchev–Trinajstić information content (AvgIpc) is 2.87. The van der Waals surface area contributed by atoms with Gasteiger partial charge in [0.1, 0.15) is 0 Å². The van der Waals surface area contributed by atoms with Crippen LogP contribution in [0.2, 0.25) is 0 Å². The zero-order valence-electron chi connectivity index (χ0n) is 11.6. The molecule has 0 aromatic heterocycles. The number of nitrogens with one attached hydrogen (secondary N) is 1. The molecule has 0 spiro atoms. The number of benzene rings is 1. The molecule has 2 heteroatoms. The summed E-state index contributed by atoms with van der Waals surface area (Å²) in [6.45, 7) is 8.41. The van der Waals surface area contributed by atoms with Gasteiger partial charge in [-0.1, -0.05) is 37.3 Å². The largest absolute Gasteiger partial charge is 0.316 e. The fourth-order valence-electron chi connectivity index (χ4n) is 2.74. The highest BCUT2D eigenvalue weighted by Crippen LogP contribution is 2.14. The van der Waals surface area contributed by atoms with Gasteiger partial charge < -0.3 is 10.2 Å². The molecular weight excluding hydrogens is 220 g/mol. The lowest BCUT2D eigenvalue weighted by atomic mass is 10.1. The van der Waals surface area contributed by atoms with Crippen LogP contribution in [0, 0.1) is 5.92 Å². The number of rotatable bonds is 7. The second-order valence-corrected chi connectivity index (χ2v) is 5.34. The summed E-state index contributed by atoms with van der Waals surface area (Å²) < 4.78 is 0. The lowest BCUT2D eigenvalue weighted by Crippen LogP contribution is -2.27. The van der Waals surface area contributed by atoms with Crippen LogP contribution in [-0.4, -0.2) is 37.6 Å². The first-order valence-electron chi connectivity index (χ1n) is 7.35. The van der Waals surface area contributed by atoms with Crippen LogP contribution in [0.3, 0.4) is 0 Å². The Hall–Kier alpha value is -0.860. The van der Waals surface area contributed by atoms with E-state index in [9.17, 15) is 0 Å². The van der Waals surface area contributed by atoms with Crippen molar-refractivity contribution in [2.24, 2.45) is 5.92 Å². The minimum Gasteiger partial charge on any atom is -0.316 e. The van der Waals surface area contributed by atoms with Crippen molar-refractivity contribution in [3.8, 4) is 0 Å². The Labute approximate surface area is 111 Å². The molecule has 0 bridgehead atoms. The summed E-state index contributed by atoms with van der Waals surface area (Å²) >= 11 is 0. The maximum Gasteiger partial charge on any atom is 0.00222 e. The molecule has 1 atom stereocenters. The van der Waals surface area contributed by atoms with Crippen LogP contribution >= 0.6 is 0 Å². The molecule has 1 heterocycles. The summed E-state index contributed by atoms with van der Waals surface area (Å²) in [5.41, 5.74) is 1.46. The van der Waals surface area contributed by atoms with E-state index in [-0.39, 0.29) is 0 Å². The van der Waals surface area contributed by atoms with E-state index in [1.807, 2.05) is 0 Å². The number of aryl methyl sites for hydroxylation is 1. The van der Waals surface area contributed by atoms with Crippen molar-refractivity contribution >= 4 is 0 Å². The maximum absolute atomic E-state index is 3.62. The number of nitrogens with zero attached hydrogens (tertiary/aromatic N) is 1. The van der Waals surface area contributed by atoms with Gasteiger partial charge in [-0.2, -0.15) is 0 Å². The highest BCUT2D eigenvalue weighted by Gasteiger charge is 2.20. The van der Waals surface area contributed by atoms with Gasteiger partial charge in [-0.05, 0) is 56.9 Å². The van der Waals surface area contributed by atoms with Gasteiger partial charge in [0.2, 0.25) is 0 Å². The summed E-state index contributed by atoms with van der Waals surface area (Å²) in [5.74, 6) is 0.877. The molecular formula is C16H26N2. The predicted octanol–water partition coefficient (Wildman–Crippen LogP) is 2.55. The van der Waals surface area contributed by atoms with Crippen LogP contribution in [-0.2, 0) is 6.42 Å². The first-order valence-corrected chi connectivity index (χ1v) is 7.35. The zero-order valence-corrected chi connectivity index (χ0v) is 11.6. The molecule has 1 aromatic carbocycles. The van der Waals surface area contributed by atoms with Crippen molar-refractivity contribution in [1.82, 2.24) is 10.2 Å². The Bertz CT molecular complexity index is 323. The molecule has 1 aliphatic rings. The predicted molar refractivity (Wildman–Crippen MR) is 77.9 cm³/mol. The Morgan fingerprint density at radius 2 is 2.11 bits per heavy atom. The number of likely N-dealkylation sites (tertiary alicyclic amines) is 1. The molecule has 1 fully saturated rings. The van der Waals surface area contributed by atoms with E-state index < -0.39 is 0 Å². The highest BCUT2D eigenvalue weighted by molar-refractivity contribution is 5.14. The van der Waals surface area contributed by atoms with Gasteiger partial charge in [-0.25, -0.2) is 0 Å². The van der Waals surface area contributed by atoms with E-state index in [4.69, 9.17) is 0 Å². The summed E-state index contributed by atoms with van der Waals surface area (Å²) in [6.07, 6.45) is 3.81. The van der Waals surface area contributed by atoms with Crippen molar-refractivity contribution < 1.29 is 0 Å². The molecule has 1 aromatic rings. The summed E-state index contributed by atoms with van der Waals surface area (Å²) in [7, 11) is 0. The first kappa shape index (κ1) is 13.6. The minimum atomic E-state index is 0.877. The molecule has 0 saturated carbocycles. The van der Waals surface area contributed by atoms with Crippen LogP contribution in [0.1, 0.15) is 25.3 Å². The normalized spacial score (nSPS) is 20.4. The van der Waals surface area contributed by atoms with E-state index in [1.54, 1.807) is 0 Å². The topological polar surface area (TPSA) is 15.3 Å². The smallest absolute Gasteiger partial charge is 0.00222 e. The minimum absolute atomic E-state index is 0.877. The van der Waals surface area contributed by atoms with Gasteiger partial charge in [0.25, 0.3) is 0 Å². The van der Waals surface area contributed by atoms with Crippen molar-refractivity contribution in [3.63, 3.8) is 0 Å². The van der Waals surface area contributed by atoms with Crippen LogP contribution in [0.15, 0.2) is 30.3 Å². The average molecular weight is 246 g/mol. The van der Waals surface area contributed by atoms with Crippen LogP contribution in [0.25, 0.3) is 0 Å². The fourth-order valence-corrected chi connectivity index (χ4v) is 2.74. The SMILES string of the molecule is CCN1CCC(CNCCCc2ccccc2)C1. The molecule has 1 N–H and O–H groups in total. The van der Waals surface area contributed by atoms with Crippen molar-refractivity contribution in [1.29, 1.82) is 0 Å². The monoisotopic (exact) mass is 246 g/mol. The Balaban J connectivity index is 1.52. The third-order valence-electron chi connectivity index (χ3n) is 3.91. The van der Waals surface area contributed by atoms with Crippen LogP contribution < -0.4 is 5.32 Å². The molecule has 0 aliphatic carbocycles. The van der Waals surface area contributed by atoms with Crippen LogP contribution in [0.4, 0.5) is 0 Å². The van der Waals surface area contributed by atoms with Crippen molar-refractivity contribution in [2.75, 3.05) is 32.7 Å². The van der Waals surface area contributed by atoms with E-state index in [0.29, 0.717) is 0 Å². The second kappa shape index (κ2) is 7.55. The molecule has 100 valence electrons. The third-order valence-corrected chi connectivity index (χ3v) is 3.91. The lowest BCUT2D eigenvalue weighted by molar-refractivity contribution is 0.339. The molecule has 18 heavy (non-hydrogen) atoms. The van der Waals surface area contributed by atoms with Gasteiger partial charge in [0, 0.05) is 6.54 Å². The Kier molecular flexibility index (Phi) is 5.69. The van der Waals surface area contributed by atoms with E-state index in [2.05, 4.69) is 47.5 Å². The lowest BCUT2D eigenvalue weighted by Gasteiger charge is -2.13. The quantitative estimate of drug-likeness (QED) is 0.744. The third kappa shape index (κ3) is 4.43. The molecule has 1 saturated heterocycles. The number of hydrogen-bond acceptors (Lipinski definition) is 2. The zero-order chi connectivity index (χ0) is 12.6. The van der Waals surface area contributed by atoms with Crippen LogP contribution in [0.5, 0.6) is 0 Å². The van der Waals surface area contributed by atoms with E-state index >= 15 is 0 Å². The molecule has 1 aliphatic heterocycles. The van der Waals surface area contributed by atoms with E-state index in [0.717, 1.165) is 12.5 Å². The standard InChI is InChI=1S/C16H26N2/c1-2-18-12-10-16(14-18)13-17-11-6-9-15-7-4-3-5-8-15/h3-5,7-8,16-17H,2,6,9-14H2,1H3. The highest BCUT2D eigenvalue weighted by atomic mass is 15.1. The fraction of sp³-hybridized carbons (Fsp3) is 0.625. The van der Waals surface area contributed by atoms with Gasteiger partial charge in [-0.15, -0.1) is 0 Å². The summed E-state index contributed by atoms with van der Waals surface area (Å²) in [4.78, 5) is 2.55. The van der Waals surface area contributed by atoms with Gasteiger partial charge in [0.05, 0.1) is 0 Å². The molecule has 0 radical (unpaired) electrons. The summed E-state index contributed by atoms with van der Waals surface area (Å²) in [6, 6.07) is 10.8. The first-order chi connectivity index (χ1) is 8.88. The maximum atomic E-state index is 3.62. The van der Waals surface area contributed by atoms with Gasteiger partial charge >= 0.3 is 0 Å². The molecule has 0 amide bonds. The van der Waals surface area contributed by atoms with Crippen molar-refractivity contribution in [2.45, 2.75) is 26.2 Å². The van der Waals surface area contributed by atoms with Gasteiger partial charge in [-0.3, -0.25) is 0 Å². The molecule has 2 rings (SSSR count). The second-order valence-electron chi connectivity index (χ2n) is 5.34. The Morgan fingerprint density at radius 3 is 2.83 bits per heavy atom. The molecule has 2 nitrogen and oxygen atoms in total. The Morgan fingerprint density at radius 1 is 1.28 bits per heavy atom.